The van der Waals surface area contributed by atoms with Gasteiger partial charge in [0.15, 0.2) is 0 Å². The molecule has 0 aliphatic heterocycles. The Hall–Kier alpha value is -1.44. The molecule has 1 heterocycles. The number of aliphatic hydroxyl groups is 1. The zero-order valence-corrected chi connectivity index (χ0v) is 13.0. The van der Waals surface area contributed by atoms with Gasteiger partial charge in [0.1, 0.15) is 0 Å². The van der Waals surface area contributed by atoms with Crippen molar-refractivity contribution in [3.63, 3.8) is 0 Å². The van der Waals surface area contributed by atoms with E-state index >= 15 is 0 Å². The van der Waals surface area contributed by atoms with Gasteiger partial charge in [-0.25, -0.2) is 8.42 Å². The Morgan fingerprint density at radius 1 is 1.35 bits per heavy atom. The first-order chi connectivity index (χ1) is 9.40. The molecule has 1 aromatic carbocycles. The molecule has 1 atom stereocenters. The molecule has 0 amide bonds. The van der Waals surface area contributed by atoms with Gasteiger partial charge in [-0.2, -0.15) is 0 Å². The maximum Gasteiger partial charge on any atom is 0.261 e. The van der Waals surface area contributed by atoms with Gasteiger partial charge in [-0.3, -0.25) is 9.71 Å². The Morgan fingerprint density at radius 3 is 2.75 bits per heavy atom. The van der Waals surface area contributed by atoms with Crippen LogP contribution in [0, 0.1) is 0 Å². The van der Waals surface area contributed by atoms with Gasteiger partial charge in [0, 0.05) is 12.4 Å². The third-order valence-corrected chi connectivity index (χ3v) is 4.66. The van der Waals surface area contributed by atoms with E-state index in [1.807, 2.05) is 0 Å². The third kappa shape index (κ3) is 3.36. The van der Waals surface area contributed by atoms with E-state index in [9.17, 15) is 13.5 Å². The number of nitrogens with one attached hydrogen (secondary N) is 1. The zero-order valence-electron chi connectivity index (χ0n) is 10.6. The first kappa shape index (κ1) is 15.0. The molecule has 1 unspecified atom stereocenters. The lowest BCUT2D eigenvalue weighted by Gasteiger charge is -2.11. The van der Waals surface area contributed by atoms with Crippen LogP contribution in [-0.2, 0) is 10.0 Å². The second kappa shape index (κ2) is 5.90. The van der Waals surface area contributed by atoms with Crippen molar-refractivity contribution in [2.75, 3.05) is 4.72 Å². The molecule has 2 aromatic rings. The summed E-state index contributed by atoms with van der Waals surface area (Å²) < 4.78 is 27.6. The van der Waals surface area contributed by atoms with Crippen LogP contribution in [0.3, 0.4) is 0 Å². The summed E-state index contributed by atoms with van der Waals surface area (Å²) in [5.41, 5.74) is 0.948. The van der Waals surface area contributed by atoms with Gasteiger partial charge in [0.05, 0.1) is 21.2 Å². The van der Waals surface area contributed by atoms with E-state index in [4.69, 9.17) is 0 Å². The monoisotopic (exact) mass is 356 g/mol. The van der Waals surface area contributed by atoms with E-state index in [-0.39, 0.29) is 4.90 Å². The normalized spacial score (nSPS) is 12.9. The second-order valence-electron chi connectivity index (χ2n) is 4.21. The smallest absolute Gasteiger partial charge is 0.261 e. The number of rotatable bonds is 4. The molecule has 0 bridgehead atoms. The SMILES string of the molecule is CC(O)c1cccc(S(=O)(=O)Nc2ccncc2Br)c1. The molecule has 20 heavy (non-hydrogen) atoms. The molecular weight excluding hydrogens is 344 g/mol. The van der Waals surface area contributed by atoms with Gasteiger partial charge in [0.2, 0.25) is 0 Å². The number of benzene rings is 1. The Morgan fingerprint density at radius 2 is 2.10 bits per heavy atom. The quantitative estimate of drug-likeness (QED) is 0.882. The van der Waals surface area contributed by atoms with Crippen molar-refractivity contribution < 1.29 is 13.5 Å². The molecule has 2 N–H and O–H groups in total. The van der Waals surface area contributed by atoms with E-state index in [0.29, 0.717) is 15.7 Å². The lowest BCUT2D eigenvalue weighted by molar-refractivity contribution is 0.199. The van der Waals surface area contributed by atoms with Crippen molar-refractivity contribution in [1.82, 2.24) is 4.98 Å². The Labute approximate surface area is 125 Å². The number of aliphatic hydroxyl groups excluding tert-OH is 1. The molecule has 7 heteroatoms. The molecule has 2 rings (SSSR count). The maximum absolute atomic E-state index is 12.3. The summed E-state index contributed by atoms with van der Waals surface area (Å²) in [6.07, 6.45) is 2.27. The van der Waals surface area contributed by atoms with Gasteiger partial charge in [-0.1, -0.05) is 12.1 Å². The largest absolute Gasteiger partial charge is 0.389 e. The number of hydrogen-bond acceptors (Lipinski definition) is 4. The van der Waals surface area contributed by atoms with Crippen LogP contribution in [0.15, 0.2) is 52.1 Å². The standard InChI is InChI=1S/C13H13BrN2O3S/c1-9(17)10-3-2-4-11(7-10)20(18,19)16-13-5-6-15-8-12(13)14/h2-9,17H,1H3,(H,15,16). The van der Waals surface area contributed by atoms with Crippen LogP contribution in [-0.4, -0.2) is 18.5 Å². The Balaban J connectivity index is 2.36. The van der Waals surface area contributed by atoms with E-state index in [1.54, 1.807) is 25.1 Å². The fourth-order valence-electron chi connectivity index (χ4n) is 1.60. The first-order valence-electron chi connectivity index (χ1n) is 5.80. The van der Waals surface area contributed by atoms with E-state index in [1.165, 1.54) is 24.5 Å². The molecule has 106 valence electrons. The van der Waals surface area contributed by atoms with Gasteiger partial charge in [0.25, 0.3) is 10.0 Å². The van der Waals surface area contributed by atoms with Gasteiger partial charge in [-0.05, 0) is 46.6 Å². The summed E-state index contributed by atoms with van der Waals surface area (Å²) in [4.78, 5) is 3.97. The summed E-state index contributed by atoms with van der Waals surface area (Å²) in [7, 11) is -3.71. The second-order valence-corrected chi connectivity index (χ2v) is 6.75. The van der Waals surface area contributed by atoms with Crippen LogP contribution in [0.5, 0.6) is 0 Å². The highest BCUT2D eigenvalue weighted by molar-refractivity contribution is 9.10. The fraction of sp³-hybridized carbons (Fsp3) is 0.154. The van der Waals surface area contributed by atoms with Crippen LogP contribution < -0.4 is 4.72 Å². The van der Waals surface area contributed by atoms with Gasteiger partial charge < -0.3 is 5.11 Å². The lowest BCUT2D eigenvalue weighted by Crippen LogP contribution is -2.13. The zero-order chi connectivity index (χ0) is 14.8. The predicted molar refractivity (Wildman–Crippen MR) is 79.8 cm³/mol. The van der Waals surface area contributed by atoms with Gasteiger partial charge >= 0.3 is 0 Å². The molecule has 0 fully saturated rings. The third-order valence-electron chi connectivity index (χ3n) is 2.67. The highest BCUT2D eigenvalue weighted by Crippen LogP contribution is 2.24. The maximum atomic E-state index is 12.3. The van der Waals surface area contributed by atoms with Crippen LogP contribution in [0.2, 0.25) is 0 Å². The number of anilines is 1. The molecule has 5 nitrogen and oxygen atoms in total. The summed E-state index contributed by atoms with van der Waals surface area (Å²) in [5.74, 6) is 0. The number of pyridine rings is 1. The number of aromatic nitrogens is 1. The highest BCUT2D eigenvalue weighted by Gasteiger charge is 2.16. The average Bonchev–Trinajstić information content (AvgIpc) is 2.41. The van der Waals surface area contributed by atoms with E-state index in [0.717, 1.165) is 0 Å². The molecule has 0 radical (unpaired) electrons. The van der Waals surface area contributed by atoms with Crippen molar-refractivity contribution >= 4 is 31.6 Å². The van der Waals surface area contributed by atoms with Gasteiger partial charge in [-0.15, -0.1) is 0 Å². The number of hydrogen-bond donors (Lipinski definition) is 2. The minimum atomic E-state index is -3.71. The average molecular weight is 357 g/mol. The summed E-state index contributed by atoms with van der Waals surface area (Å²) >= 11 is 3.23. The fourth-order valence-corrected chi connectivity index (χ4v) is 3.22. The lowest BCUT2D eigenvalue weighted by atomic mass is 10.1. The molecule has 0 aliphatic rings. The molecular formula is C13H13BrN2O3S. The minimum absolute atomic E-state index is 0.0969. The van der Waals surface area contributed by atoms with Crippen molar-refractivity contribution in [3.8, 4) is 0 Å². The number of halogens is 1. The molecule has 0 saturated carbocycles. The first-order valence-corrected chi connectivity index (χ1v) is 8.08. The number of sulfonamides is 1. The van der Waals surface area contributed by atoms with Crippen LogP contribution in [0.25, 0.3) is 0 Å². The molecule has 0 spiro atoms. The van der Waals surface area contributed by atoms with Crippen LogP contribution in [0.4, 0.5) is 5.69 Å². The minimum Gasteiger partial charge on any atom is -0.389 e. The van der Waals surface area contributed by atoms with Crippen molar-refractivity contribution in [1.29, 1.82) is 0 Å². The summed E-state index contributed by atoms with van der Waals surface area (Å²) in [6.45, 7) is 1.58. The Bertz CT molecular complexity index is 717. The van der Waals surface area contributed by atoms with E-state index in [2.05, 4.69) is 25.6 Å². The molecule has 0 saturated heterocycles. The summed E-state index contributed by atoms with van der Waals surface area (Å²) in [5, 5.41) is 9.52. The summed E-state index contributed by atoms with van der Waals surface area (Å²) in [6, 6.07) is 7.75. The van der Waals surface area contributed by atoms with Crippen molar-refractivity contribution in [2.45, 2.75) is 17.9 Å². The van der Waals surface area contributed by atoms with E-state index < -0.39 is 16.1 Å². The van der Waals surface area contributed by atoms with Crippen LogP contribution in [0.1, 0.15) is 18.6 Å². The number of nitrogens with zero attached hydrogens (tertiary/aromatic N) is 1. The van der Waals surface area contributed by atoms with Crippen molar-refractivity contribution in [2.24, 2.45) is 0 Å². The molecule has 1 aromatic heterocycles. The molecule has 0 aliphatic carbocycles. The van der Waals surface area contributed by atoms with Crippen LogP contribution >= 0.6 is 15.9 Å². The topological polar surface area (TPSA) is 79.3 Å². The highest BCUT2D eigenvalue weighted by atomic mass is 79.9. The Kier molecular flexibility index (Phi) is 4.42. The predicted octanol–water partition coefficient (Wildman–Crippen LogP) is 2.70. The van der Waals surface area contributed by atoms with Crippen molar-refractivity contribution in [3.05, 3.63) is 52.8 Å².